The fourth-order valence-electron chi connectivity index (χ4n) is 0.0391. The molecule has 0 fully saturated rings. The normalized spacial score (nSPS) is 18.0. The second-order valence-corrected chi connectivity index (χ2v) is 11.5. The van der Waals surface area contributed by atoms with Gasteiger partial charge in [0.25, 0.3) is 0 Å². The first-order valence-corrected chi connectivity index (χ1v) is 8.45. The summed E-state index contributed by atoms with van der Waals surface area (Å²) in [5.74, 6) is 0. The van der Waals surface area contributed by atoms with Crippen molar-refractivity contribution in [3.63, 3.8) is 0 Å². The van der Waals surface area contributed by atoms with Gasteiger partial charge in [0.15, 0.2) is 0 Å². The van der Waals surface area contributed by atoms with E-state index < -0.39 is 0 Å². The Balaban J connectivity index is 4.10. The molecule has 5 heteroatoms. The molecule has 0 aliphatic carbocycles. The van der Waals surface area contributed by atoms with E-state index in [4.69, 9.17) is 22.4 Å². The third-order valence-electron chi connectivity index (χ3n) is 0.426. The summed E-state index contributed by atoms with van der Waals surface area (Å²) in [6, 6.07) is 0. The third kappa shape index (κ3) is 3.90. The predicted octanol–water partition coefficient (Wildman–Crippen LogP) is 0.319. The van der Waals surface area contributed by atoms with Gasteiger partial charge in [-0.2, -0.15) is 0 Å². The zero-order valence-electron chi connectivity index (χ0n) is 4.04. The Hall–Kier alpha value is 1.36. The van der Waals surface area contributed by atoms with E-state index in [0.717, 1.165) is 0 Å². The van der Waals surface area contributed by atoms with Crippen LogP contribution in [0.3, 0.4) is 0 Å². The molecule has 0 spiro atoms. The molecule has 2 atom stereocenters. The first-order valence-electron chi connectivity index (χ1n) is 1.48. The van der Waals surface area contributed by atoms with Gasteiger partial charge in [0.05, 0.1) is 0 Å². The molecule has 0 nitrogen and oxygen atoms in total. The van der Waals surface area contributed by atoms with Gasteiger partial charge in [-0.25, -0.2) is 0 Å². The van der Waals surface area contributed by atoms with Crippen molar-refractivity contribution in [2.24, 2.45) is 0 Å². The second-order valence-electron chi connectivity index (χ2n) is 0.871. The average Bonchev–Trinajstić information content (AvgIpc) is 1.65. The highest BCUT2D eigenvalue weighted by Gasteiger charge is 1.79. The van der Waals surface area contributed by atoms with E-state index in [1.165, 1.54) is 8.88 Å². The lowest BCUT2D eigenvalue weighted by molar-refractivity contribution is 2.49. The lowest BCUT2D eigenvalue weighted by atomic mass is 12.0. The molecule has 44 valence electrons. The van der Waals surface area contributed by atoms with Crippen LogP contribution in [0.15, 0.2) is 0 Å². The van der Waals surface area contributed by atoms with Crippen LogP contribution >= 0.6 is 0 Å². The smallest absolute Gasteiger partial charge is 0.00361 e. The van der Waals surface area contributed by atoms with Gasteiger partial charge in [0.2, 0.25) is 0 Å². The molecule has 7 heavy (non-hydrogen) atoms. The molecule has 0 aliphatic heterocycles. The molecular formula is C2H6S5. The van der Waals surface area contributed by atoms with Crippen LogP contribution in [0.25, 0.3) is 0 Å². The summed E-state index contributed by atoms with van der Waals surface area (Å²) in [5.41, 5.74) is 0. The van der Waals surface area contributed by atoms with Crippen molar-refractivity contribution in [2.45, 2.75) is 0 Å². The van der Waals surface area contributed by atoms with Gasteiger partial charge >= 0.3 is 0 Å². The van der Waals surface area contributed by atoms with Crippen molar-refractivity contribution >= 4 is 48.2 Å². The predicted molar refractivity (Wildman–Crippen MR) is 48.7 cm³/mol. The third-order valence-corrected chi connectivity index (χ3v) is 11.5. The summed E-state index contributed by atoms with van der Waals surface area (Å²) in [6.45, 7) is 0. The minimum Gasteiger partial charge on any atom is -0.0628 e. The standard InChI is InChI=1S/C2H6S5/c1-6(4)7(2)5-3/h1-2H3. The zero-order valence-corrected chi connectivity index (χ0v) is 8.12. The van der Waals surface area contributed by atoms with Crippen LogP contribution in [0.4, 0.5) is 0 Å². The average molecular weight is 190 g/mol. The Labute approximate surface area is 60.5 Å². The second kappa shape index (κ2) is 4.26. The first-order chi connectivity index (χ1) is 3.18. The molecule has 0 radical (unpaired) electrons. The molecular weight excluding hydrogens is 184 g/mol. The summed E-state index contributed by atoms with van der Waals surface area (Å²) in [7, 11) is 1.81. The van der Waals surface area contributed by atoms with E-state index in [1.807, 2.05) is 6.26 Å². The van der Waals surface area contributed by atoms with Crippen molar-refractivity contribution in [2.75, 3.05) is 12.5 Å². The Morgan fingerprint density at radius 1 is 1.43 bits per heavy atom. The van der Waals surface area contributed by atoms with Gasteiger partial charge in [-0.3, -0.25) is 0 Å². The maximum atomic E-state index is 4.95. The molecule has 0 rings (SSSR count). The van der Waals surface area contributed by atoms with E-state index in [0.29, 0.717) is 0 Å². The molecule has 0 bridgehead atoms. The van der Waals surface area contributed by atoms with Crippen LogP contribution in [0.2, 0.25) is 0 Å². The quantitative estimate of drug-likeness (QED) is 0.546. The van der Waals surface area contributed by atoms with E-state index in [-0.39, 0.29) is 17.0 Å². The highest BCUT2D eigenvalue weighted by molar-refractivity contribution is 8.90. The molecule has 0 saturated heterocycles. The lowest BCUT2D eigenvalue weighted by Crippen LogP contribution is -1.88. The van der Waals surface area contributed by atoms with Crippen LogP contribution in [0.1, 0.15) is 0 Å². The zero-order chi connectivity index (χ0) is 5.86. The molecule has 0 aliphatic rings. The molecule has 0 N–H and O–H groups in total. The van der Waals surface area contributed by atoms with Crippen molar-refractivity contribution in [3.05, 3.63) is 0 Å². The first kappa shape index (κ1) is 8.36. The lowest BCUT2D eigenvalue weighted by Gasteiger charge is -1.89. The molecule has 0 aromatic heterocycles. The molecule has 0 saturated carbocycles. The highest BCUT2D eigenvalue weighted by Crippen LogP contribution is 1.80. The fraction of sp³-hybridized carbons (Fsp3) is 1.00. The van der Waals surface area contributed by atoms with Gasteiger partial charge in [0, 0.05) is 0 Å². The molecule has 2 unspecified atom stereocenters. The fourth-order valence-corrected chi connectivity index (χ4v) is 5.01. The summed E-state index contributed by atoms with van der Waals surface area (Å²) >= 11 is 9.67. The van der Waals surface area contributed by atoms with Crippen molar-refractivity contribution < 1.29 is 0 Å². The van der Waals surface area contributed by atoms with Gasteiger partial charge in [-0.15, -0.1) is 0 Å². The van der Waals surface area contributed by atoms with E-state index >= 15 is 0 Å². The van der Waals surface area contributed by atoms with Gasteiger partial charge in [-0.05, 0) is 43.8 Å². The van der Waals surface area contributed by atoms with Crippen molar-refractivity contribution in [3.8, 4) is 0 Å². The number of rotatable bonds is 1. The summed E-state index contributed by atoms with van der Waals surface area (Å²) in [4.78, 5) is 0. The minimum absolute atomic E-state index is 0.110. The Morgan fingerprint density at radius 2 is 1.86 bits per heavy atom. The molecule has 0 heterocycles. The van der Waals surface area contributed by atoms with Crippen molar-refractivity contribution in [1.82, 2.24) is 0 Å². The molecule has 0 aromatic carbocycles. The van der Waals surface area contributed by atoms with E-state index in [1.54, 1.807) is 0 Å². The Morgan fingerprint density at radius 3 is 1.86 bits per heavy atom. The topological polar surface area (TPSA) is 0 Å². The highest BCUT2D eigenvalue weighted by atomic mass is 33.5. The van der Waals surface area contributed by atoms with Crippen LogP contribution in [-0.4, -0.2) is 12.5 Å². The van der Waals surface area contributed by atoms with Crippen LogP contribution in [0.5, 0.6) is 0 Å². The Kier molecular flexibility index (Phi) is 5.09. The summed E-state index contributed by atoms with van der Waals surface area (Å²) in [6.07, 6.45) is 4.13. The summed E-state index contributed by atoms with van der Waals surface area (Å²) in [5, 5.41) is 0. The summed E-state index contributed by atoms with van der Waals surface area (Å²) < 4.78 is 0. The molecule has 0 amide bonds. The SMILES string of the molecule is CS(=S)S(C)=S=S. The minimum atomic E-state index is 0.110. The van der Waals surface area contributed by atoms with Crippen LogP contribution < -0.4 is 0 Å². The number of hydrogen-bond donors (Lipinski definition) is 0. The maximum Gasteiger partial charge on any atom is -0.00361 e. The number of hydrogen-bond acceptors (Lipinski definition) is 2. The van der Waals surface area contributed by atoms with Crippen LogP contribution in [-0.2, 0) is 48.2 Å². The van der Waals surface area contributed by atoms with Crippen molar-refractivity contribution in [1.29, 1.82) is 0 Å². The largest absolute Gasteiger partial charge is 0.0628 e. The maximum absolute atomic E-state index is 4.95. The van der Waals surface area contributed by atoms with Gasteiger partial charge < -0.3 is 0 Å². The van der Waals surface area contributed by atoms with Gasteiger partial charge in [-0.1, -0.05) is 17.0 Å². The monoisotopic (exact) mass is 190 g/mol. The molecule has 0 aromatic rings. The van der Waals surface area contributed by atoms with Gasteiger partial charge in [0.1, 0.15) is 0 Å². The van der Waals surface area contributed by atoms with E-state index in [2.05, 4.69) is 6.26 Å². The van der Waals surface area contributed by atoms with Crippen LogP contribution in [0, 0.1) is 0 Å². The Bertz CT molecular complexity index is 129. The van der Waals surface area contributed by atoms with E-state index in [9.17, 15) is 0 Å².